The molecule has 0 spiro atoms. The molecule has 1 aliphatic heterocycles. The monoisotopic (exact) mass is 243 g/mol. The minimum Gasteiger partial charge on any atom is -0.393 e. The van der Waals surface area contributed by atoms with Crippen LogP contribution in [0.25, 0.3) is 0 Å². The summed E-state index contributed by atoms with van der Waals surface area (Å²) in [6.45, 7) is -0.552. The Morgan fingerprint density at radius 1 is 1.65 bits per heavy atom. The van der Waals surface area contributed by atoms with E-state index in [1.165, 1.54) is 12.3 Å². The van der Waals surface area contributed by atoms with Gasteiger partial charge in [0, 0.05) is 6.20 Å². The molecule has 0 saturated carbocycles. The number of rotatable bonds is 2. The van der Waals surface area contributed by atoms with E-state index in [9.17, 15) is 15.0 Å². The van der Waals surface area contributed by atoms with Crippen molar-refractivity contribution in [2.45, 2.75) is 24.0 Å². The quantitative estimate of drug-likeness (QED) is 0.353. The molecule has 2 heterocycles. The molecule has 1 aliphatic rings. The Hall–Kier alpha value is -1.32. The number of ether oxygens (including phenoxy) is 1. The van der Waals surface area contributed by atoms with Crippen LogP contribution < -0.4 is 11.4 Å². The summed E-state index contributed by atoms with van der Waals surface area (Å²) in [7, 11) is 0. The molecule has 4 atom stereocenters. The van der Waals surface area contributed by atoms with Crippen molar-refractivity contribution in [2.75, 3.05) is 6.61 Å². The van der Waals surface area contributed by atoms with Crippen molar-refractivity contribution in [3.8, 4) is 0 Å². The number of aromatic amines is 1. The van der Waals surface area contributed by atoms with E-state index in [2.05, 4.69) is 9.97 Å². The van der Waals surface area contributed by atoms with Crippen molar-refractivity contribution in [1.29, 1.82) is 0 Å². The molecule has 2 rings (SSSR count). The highest BCUT2D eigenvalue weighted by Gasteiger charge is 2.53. The van der Waals surface area contributed by atoms with Crippen molar-refractivity contribution >= 4 is 0 Å². The predicted molar refractivity (Wildman–Crippen MR) is 54.7 cm³/mol. The highest BCUT2D eigenvalue weighted by Crippen LogP contribution is 2.35. The van der Waals surface area contributed by atoms with Gasteiger partial charge in [-0.3, -0.25) is 5.73 Å². The third-order valence-corrected chi connectivity index (χ3v) is 2.74. The van der Waals surface area contributed by atoms with Gasteiger partial charge in [-0.2, -0.15) is 4.98 Å². The molecule has 0 radical (unpaired) electrons. The van der Waals surface area contributed by atoms with Gasteiger partial charge in [-0.25, -0.2) is 4.79 Å². The number of aromatic nitrogens is 2. The topological polar surface area (TPSA) is 142 Å². The van der Waals surface area contributed by atoms with E-state index in [0.717, 1.165) is 0 Å². The van der Waals surface area contributed by atoms with E-state index < -0.39 is 36.3 Å². The molecule has 8 heteroatoms. The summed E-state index contributed by atoms with van der Waals surface area (Å²) in [6.07, 6.45) is -2.33. The molecule has 0 aromatic carbocycles. The number of H-pyrrole nitrogens is 1. The van der Waals surface area contributed by atoms with Crippen molar-refractivity contribution in [1.82, 2.24) is 9.97 Å². The second-order valence-corrected chi connectivity index (χ2v) is 3.88. The lowest BCUT2D eigenvalue weighted by Crippen LogP contribution is -2.56. The molecule has 1 fully saturated rings. The third kappa shape index (κ3) is 1.96. The zero-order valence-electron chi connectivity index (χ0n) is 8.78. The zero-order chi connectivity index (χ0) is 12.6. The van der Waals surface area contributed by atoms with Gasteiger partial charge >= 0.3 is 5.69 Å². The molecule has 6 N–H and O–H groups in total. The molecule has 1 saturated heterocycles. The van der Waals surface area contributed by atoms with Crippen LogP contribution in [0.3, 0.4) is 0 Å². The van der Waals surface area contributed by atoms with Crippen LogP contribution in [0.1, 0.15) is 11.8 Å². The summed E-state index contributed by atoms with van der Waals surface area (Å²) in [6, 6.07) is 1.42. The van der Waals surface area contributed by atoms with Gasteiger partial charge < -0.3 is 25.0 Å². The highest BCUT2D eigenvalue weighted by molar-refractivity contribution is 5.12. The van der Waals surface area contributed by atoms with Crippen LogP contribution >= 0.6 is 0 Å². The van der Waals surface area contributed by atoms with Gasteiger partial charge in [-0.05, 0) is 6.07 Å². The van der Waals surface area contributed by atoms with Crippen LogP contribution in [0.5, 0.6) is 0 Å². The van der Waals surface area contributed by atoms with Gasteiger partial charge in [-0.15, -0.1) is 0 Å². The van der Waals surface area contributed by atoms with Gasteiger partial charge in [0.25, 0.3) is 0 Å². The maximum Gasteiger partial charge on any atom is 0.345 e. The average Bonchev–Trinajstić information content (AvgIpc) is 2.51. The van der Waals surface area contributed by atoms with Crippen molar-refractivity contribution in [2.24, 2.45) is 5.73 Å². The first-order valence-electron chi connectivity index (χ1n) is 4.98. The molecule has 1 aromatic heterocycles. The fourth-order valence-corrected chi connectivity index (χ4v) is 1.76. The fraction of sp³-hybridized carbons (Fsp3) is 0.556. The second-order valence-electron chi connectivity index (χ2n) is 3.88. The Kier molecular flexibility index (Phi) is 2.98. The first kappa shape index (κ1) is 12.1. The number of hydrogen-bond acceptors (Lipinski definition) is 7. The largest absolute Gasteiger partial charge is 0.393 e. The van der Waals surface area contributed by atoms with Crippen LogP contribution in [0, 0.1) is 0 Å². The molecular formula is C9H13N3O5. The smallest absolute Gasteiger partial charge is 0.345 e. The summed E-state index contributed by atoms with van der Waals surface area (Å²) in [4.78, 5) is 16.9. The summed E-state index contributed by atoms with van der Waals surface area (Å²) >= 11 is 0. The Labute approximate surface area is 95.7 Å². The summed E-state index contributed by atoms with van der Waals surface area (Å²) in [5, 5.41) is 28.5. The summed E-state index contributed by atoms with van der Waals surface area (Å²) in [5.74, 6) is 0. The predicted octanol–water partition coefficient (Wildman–Crippen LogP) is -2.79. The lowest BCUT2D eigenvalue weighted by Gasteiger charge is -2.24. The highest BCUT2D eigenvalue weighted by atomic mass is 16.6. The Morgan fingerprint density at radius 3 is 2.88 bits per heavy atom. The van der Waals surface area contributed by atoms with Crippen molar-refractivity contribution in [3.05, 3.63) is 28.4 Å². The van der Waals surface area contributed by atoms with Crippen LogP contribution in [0.4, 0.5) is 0 Å². The van der Waals surface area contributed by atoms with Gasteiger partial charge in [-0.1, -0.05) is 0 Å². The standard InChI is InChI=1S/C9H13N3O5/c10-9(16)5(3-13)17-6(7(9)14)4-1-2-11-8(15)12-4/h1-2,5-7,13-14,16H,3,10H2,(H,11,12,15)/t5-,6-,7+,9+/m1/s1. The summed E-state index contributed by atoms with van der Waals surface area (Å²) in [5.41, 5.74) is 2.90. The molecule has 0 amide bonds. The summed E-state index contributed by atoms with van der Waals surface area (Å²) < 4.78 is 5.19. The lowest BCUT2D eigenvalue weighted by atomic mass is 10.00. The van der Waals surface area contributed by atoms with E-state index in [-0.39, 0.29) is 5.69 Å². The Bertz CT molecular complexity index is 460. The van der Waals surface area contributed by atoms with E-state index in [0.29, 0.717) is 0 Å². The minimum absolute atomic E-state index is 0.140. The van der Waals surface area contributed by atoms with E-state index in [1.807, 2.05) is 0 Å². The molecule has 8 nitrogen and oxygen atoms in total. The first-order valence-corrected chi connectivity index (χ1v) is 4.98. The Balaban J connectivity index is 2.33. The molecule has 0 aliphatic carbocycles. The molecule has 0 bridgehead atoms. The van der Waals surface area contributed by atoms with Crippen LogP contribution in [0.2, 0.25) is 0 Å². The maximum absolute atomic E-state index is 11.0. The number of aliphatic hydroxyl groups is 3. The number of nitrogens with one attached hydrogen (secondary N) is 1. The second kappa shape index (κ2) is 4.17. The SMILES string of the molecule is N[C@]1(O)[C@@H](CO)O[C@H](c2cc[nH]c(=O)n2)[C@@H]1O. The third-order valence-electron chi connectivity index (χ3n) is 2.74. The minimum atomic E-state index is -2.08. The molecule has 17 heavy (non-hydrogen) atoms. The van der Waals surface area contributed by atoms with Crippen molar-refractivity contribution in [3.63, 3.8) is 0 Å². The van der Waals surface area contributed by atoms with Gasteiger partial charge in [0.1, 0.15) is 18.3 Å². The van der Waals surface area contributed by atoms with Crippen LogP contribution in [-0.2, 0) is 4.74 Å². The molecule has 1 aromatic rings. The molecular weight excluding hydrogens is 230 g/mol. The first-order chi connectivity index (χ1) is 7.96. The lowest BCUT2D eigenvalue weighted by molar-refractivity contribution is -0.0880. The molecule has 0 unspecified atom stereocenters. The van der Waals surface area contributed by atoms with Crippen molar-refractivity contribution < 1.29 is 20.1 Å². The van der Waals surface area contributed by atoms with E-state index >= 15 is 0 Å². The molecule has 94 valence electrons. The number of aliphatic hydroxyl groups excluding tert-OH is 2. The normalized spacial score (nSPS) is 37.3. The fourth-order valence-electron chi connectivity index (χ4n) is 1.76. The zero-order valence-corrected chi connectivity index (χ0v) is 8.78. The number of nitrogens with zero attached hydrogens (tertiary/aromatic N) is 1. The van der Waals surface area contributed by atoms with Crippen LogP contribution in [-0.4, -0.2) is 49.8 Å². The number of hydrogen-bond donors (Lipinski definition) is 5. The van der Waals surface area contributed by atoms with Gasteiger partial charge in [0.2, 0.25) is 0 Å². The number of nitrogens with two attached hydrogens (primary N) is 1. The van der Waals surface area contributed by atoms with E-state index in [1.54, 1.807) is 0 Å². The maximum atomic E-state index is 11.0. The van der Waals surface area contributed by atoms with Gasteiger partial charge in [0.15, 0.2) is 5.72 Å². The Morgan fingerprint density at radius 2 is 2.35 bits per heavy atom. The average molecular weight is 243 g/mol. The van der Waals surface area contributed by atoms with E-state index in [4.69, 9.17) is 15.6 Å². The van der Waals surface area contributed by atoms with Crippen LogP contribution in [0.15, 0.2) is 17.1 Å². The van der Waals surface area contributed by atoms with Gasteiger partial charge in [0.05, 0.1) is 12.3 Å².